The quantitative estimate of drug-likeness (QED) is 0.159. The Kier molecular flexibility index (Phi) is 7.69. The number of carbonyl (C=O) groups excluding carboxylic acids is 2. The molecular weight excluding hydrogens is 544 g/mol. The number of carbonyl (C=O) groups is 2. The van der Waals surface area contributed by atoms with E-state index >= 15 is 0 Å². The zero-order valence-corrected chi connectivity index (χ0v) is 23.2. The van der Waals surface area contributed by atoms with Crippen molar-refractivity contribution in [3.05, 3.63) is 80.7 Å². The molecule has 3 heterocycles. The summed E-state index contributed by atoms with van der Waals surface area (Å²) in [5.41, 5.74) is 1.23. The van der Waals surface area contributed by atoms with Crippen LogP contribution in [0.25, 0.3) is 10.2 Å². The molecule has 0 fully saturated rings. The van der Waals surface area contributed by atoms with Crippen LogP contribution in [-0.2, 0) is 4.79 Å². The number of ether oxygens (including phenoxy) is 2. The summed E-state index contributed by atoms with van der Waals surface area (Å²) in [6, 6.07) is 13.1. The van der Waals surface area contributed by atoms with E-state index in [1.165, 1.54) is 34.7 Å². The number of halogens is 1. The van der Waals surface area contributed by atoms with Gasteiger partial charge in [0.05, 0.1) is 40.4 Å². The number of thiazole rings is 1. The smallest absolute Gasteiger partial charge is 0.296 e. The highest BCUT2D eigenvalue weighted by molar-refractivity contribution is 7.22. The van der Waals surface area contributed by atoms with Crippen LogP contribution in [0.4, 0.5) is 5.13 Å². The zero-order chi connectivity index (χ0) is 26.8. The first kappa shape index (κ1) is 26.2. The Hall–Kier alpha value is -3.40. The number of amides is 1. The minimum atomic E-state index is -0.920. The maximum atomic E-state index is 13.6. The predicted octanol–water partition coefficient (Wildman–Crippen LogP) is 7.37. The Morgan fingerprint density at radius 1 is 1.16 bits per heavy atom. The van der Waals surface area contributed by atoms with E-state index in [2.05, 4.69) is 11.9 Å². The summed E-state index contributed by atoms with van der Waals surface area (Å²) in [5.74, 6) is -0.668. The van der Waals surface area contributed by atoms with Gasteiger partial charge in [0.25, 0.3) is 5.91 Å². The third kappa shape index (κ3) is 4.89. The Bertz CT molecular complexity index is 1530. The van der Waals surface area contributed by atoms with Gasteiger partial charge in [-0.3, -0.25) is 14.5 Å². The molecule has 10 heteroatoms. The van der Waals surface area contributed by atoms with Crippen molar-refractivity contribution in [1.29, 1.82) is 0 Å². The van der Waals surface area contributed by atoms with E-state index in [9.17, 15) is 14.7 Å². The second kappa shape index (κ2) is 11.1. The molecule has 196 valence electrons. The predicted molar refractivity (Wildman–Crippen MR) is 151 cm³/mol. The van der Waals surface area contributed by atoms with Crippen LogP contribution in [0.2, 0.25) is 5.02 Å². The standard InChI is InChI=1S/C28H25ClN2O5S2/c1-3-4-5-12-36-19-11-8-16(14-20(19)35-2)24-23(25(32)21-7-6-13-37-21)26(33)27(34)31(24)28-30-18-10-9-17(29)15-22(18)38-28/h6-11,13-15,24,33H,3-5,12H2,1-2H3. The van der Waals surface area contributed by atoms with Crippen molar-refractivity contribution < 1.29 is 24.2 Å². The lowest BCUT2D eigenvalue weighted by Crippen LogP contribution is -2.31. The highest BCUT2D eigenvalue weighted by Gasteiger charge is 2.46. The first-order valence-electron chi connectivity index (χ1n) is 12.1. The highest BCUT2D eigenvalue weighted by Crippen LogP contribution is 2.46. The van der Waals surface area contributed by atoms with Crippen LogP contribution < -0.4 is 14.4 Å². The van der Waals surface area contributed by atoms with Crippen LogP contribution in [0, 0.1) is 0 Å². The average molecular weight is 569 g/mol. The number of methoxy groups -OCH3 is 1. The van der Waals surface area contributed by atoms with Crippen molar-refractivity contribution in [2.24, 2.45) is 0 Å². The number of aliphatic hydroxyl groups is 1. The summed E-state index contributed by atoms with van der Waals surface area (Å²) in [4.78, 5) is 33.5. The van der Waals surface area contributed by atoms with Gasteiger partial charge in [0.1, 0.15) is 0 Å². The molecule has 4 aromatic rings. The molecule has 0 radical (unpaired) electrons. The Morgan fingerprint density at radius 2 is 2.00 bits per heavy atom. The molecule has 1 atom stereocenters. The van der Waals surface area contributed by atoms with E-state index in [4.69, 9.17) is 21.1 Å². The molecule has 2 aromatic heterocycles. The fourth-order valence-corrected chi connectivity index (χ4v) is 6.33. The second-order valence-electron chi connectivity index (χ2n) is 8.72. The molecule has 38 heavy (non-hydrogen) atoms. The van der Waals surface area contributed by atoms with Gasteiger partial charge in [0, 0.05) is 5.02 Å². The SMILES string of the molecule is CCCCCOc1ccc(C2C(C(=O)c3cccs3)=C(O)C(=O)N2c2nc3ccc(Cl)cc3s2)cc1OC. The number of benzene rings is 2. The Morgan fingerprint density at radius 3 is 2.74 bits per heavy atom. The Balaban J connectivity index is 1.60. The van der Waals surface area contributed by atoms with Crippen LogP contribution in [-0.4, -0.2) is 35.5 Å². The van der Waals surface area contributed by atoms with Crippen LogP contribution in [0.3, 0.4) is 0 Å². The number of anilines is 1. The van der Waals surface area contributed by atoms with Crippen LogP contribution in [0.15, 0.2) is 65.2 Å². The number of hydrogen-bond acceptors (Lipinski definition) is 8. The first-order valence-corrected chi connectivity index (χ1v) is 14.2. The first-order chi connectivity index (χ1) is 18.4. The summed E-state index contributed by atoms with van der Waals surface area (Å²) in [7, 11) is 1.54. The number of thiophene rings is 1. The molecular formula is C28H25ClN2O5S2. The van der Waals surface area contributed by atoms with E-state index in [-0.39, 0.29) is 5.57 Å². The maximum absolute atomic E-state index is 13.6. The monoisotopic (exact) mass is 568 g/mol. The number of hydrogen-bond donors (Lipinski definition) is 1. The maximum Gasteiger partial charge on any atom is 0.296 e. The number of aromatic nitrogens is 1. The Labute approximate surface area is 232 Å². The van der Waals surface area contributed by atoms with Crippen molar-refractivity contribution in [1.82, 2.24) is 4.98 Å². The number of unbranched alkanes of at least 4 members (excludes halogenated alkanes) is 2. The van der Waals surface area contributed by atoms with Crippen LogP contribution in [0.1, 0.15) is 47.5 Å². The van der Waals surface area contributed by atoms with Gasteiger partial charge < -0.3 is 14.6 Å². The molecule has 0 saturated heterocycles. The fraction of sp³-hybridized carbons (Fsp3) is 0.250. The number of Topliss-reactive ketones (excluding diaryl/α,β-unsaturated/α-hetero) is 1. The van der Waals surface area contributed by atoms with Gasteiger partial charge >= 0.3 is 0 Å². The summed E-state index contributed by atoms with van der Waals surface area (Å²) >= 11 is 8.68. The highest BCUT2D eigenvalue weighted by atomic mass is 35.5. The fourth-order valence-electron chi connectivity index (χ4n) is 4.39. The van der Waals surface area contributed by atoms with Crippen LogP contribution >= 0.6 is 34.3 Å². The van der Waals surface area contributed by atoms with Crippen molar-refractivity contribution in [3.63, 3.8) is 0 Å². The second-order valence-corrected chi connectivity index (χ2v) is 11.1. The molecule has 7 nitrogen and oxygen atoms in total. The average Bonchev–Trinajstić information content (AvgIpc) is 3.65. The number of ketones is 1. The van der Waals surface area contributed by atoms with E-state index in [0.29, 0.717) is 44.2 Å². The van der Waals surface area contributed by atoms with E-state index in [0.717, 1.165) is 24.0 Å². The molecule has 1 aliphatic heterocycles. The van der Waals surface area contributed by atoms with Gasteiger partial charge in [-0.1, -0.05) is 54.8 Å². The summed E-state index contributed by atoms with van der Waals surface area (Å²) in [5, 5.41) is 13.7. The third-order valence-electron chi connectivity index (χ3n) is 6.25. The van der Waals surface area contributed by atoms with Gasteiger partial charge in [0.15, 0.2) is 22.4 Å². The van der Waals surface area contributed by atoms with Crippen molar-refractivity contribution in [2.45, 2.75) is 32.2 Å². The minimum absolute atomic E-state index is 0.00611. The number of fused-ring (bicyclic) bond motifs is 1. The third-order valence-corrected chi connectivity index (χ3v) is 8.37. The molecule has 0 saturated carbocycles. The van der Waals surface area contributed by atoms with Crippen molar-refractivity contribution in [3.8, 4) is 11.5 Å². The topological polar surface area (TPSA) is 89.0 Å². The lowest BCUT2D eigenvalue weighted by molar-refractivity contribution is -0.117. The zero-order valence-electron chi connectivity index (χ0n) is 20.8. The van der Waals surface area contributed by atoms with Crippen LogP contribution in [0.5, 0.6) is 11.5 Å². The lowest BCUT2D eigenvalue weighted by Gasteiger charge is -2.25. The largest absolute Gasteiger partial charge is 0.503 e. The van der Waals surface area contributed by atoms with E-state index < -0.39 is 23.5 Å². The number of aliphatic hydroxyl groups excluding tert-OH is 1. The molecule has 1 aliphatic rings. The normalized spacial score (nSPS) is 15.5. The van der Waals surface area contributed by atoms with Gasteiger partial charge in [-0.2, -0.15) is 0 Å². The molecule has 0 spiro atoms. The summed E-state index contributed by atoms with van der Waals surface area (Å²) in [6.07, 6.45) is 3.06. The van der Waals surface area contributed by atoms with Gasteiger partial charge in [0.2, 0.25) is 5.78 Å². The molecule has 0 aliphatic carbocycles. The summed E-state index contributed by atoms with van der Waals surface area (Å²) in [6.45, 7) is 2.68. The van der Waals surface area contributed by atoms with Gasteiger partial charge in [-0.15, -0.1) is 11.3 Å². The minimum Gasteiger partial charge on any atom is -0.503 e. The number of rotatable bonds is 10. The lowest BCUT2D eigenvalue weighted by atomic mass is 9.95. The van der Waals surface area contributed by atoms with Crippen molar-refractivity contribution >= 4 is 61.3 Å². The number of nitrogens with zero attached hydrogens (tertiary/aromatic N) is 2. The van der Waals surface area contributed by atoms with E-state index in [1.54, 1.807) is 53.9 Å². The molecule has 5 rings (SSSR count). The van der Waals surface area contributed by atoms with Gasteiger partial charge in [-0.05, 0) is 53.8 Å². The molecule has 0 bridgehead atoms. The molecule has 1 unspecified atom stereocenters. The van der Waals surface area contributed by atoms with Gasteiger partial charge in [-0.25, -0.2) is 4.98 Å². The molecule has 2 aromatic carbocycles. The van der Waals surface area contributed by atoms with Crippen molar-refractivity contribution in [2.75, 3.05) is 18.6 Å². The molecule has 1 N–H and O–H groups in total. The summed E-state index contributed by atoms with van der Waals surface area (Å²) < 4.78 is 12.3. The molecule has 1 amide bonds. The van der Waals surface area contributed by atoms with E-state index in [1.807, 2.05) is 0 Å².